The van der Waals surface area contributed by atoms with Crippen molar-refractivity contribution in [2.45, 2.75) is 13.3 Å². The number of para-hydroxylation sites is 2. The van der Waals surface area contributed by atoms with Crippen molar-refractivity contribution < 1.29 is 0 Å². The second kappa shape index (κ2) is 12.8. The smallest absolute Gasteiger partial charge is 0.114 e. The van der Waals surface area contributed by atoms with Gasteiger partial charge in [0.25, 0.3) is 0 Å². The standard InChI is InChI=1S/C51H36N2/c1-2-49-52-47-27-10-11-28-48(47)53(49)40-22-13-20-37(32-40)36-19-12-21-39(31-36)50-43-24-8-9-25-44(43)51(42-26-14-18-35-17-6-7-23-41(35)42)46-33-38(29-30-45(46)50)34-15-4-3-5-16-34/h3-33H,2H2,1H3. The molecule has 53 heavy (non-hydrogen) atoms. The molecule has 0 aliphatic carbocycles. The minimum Gasteiger partial charge on any atom is -0.296 e. The predicted octanol–water partition coefficient (Wildman–Crippen LogP) is 13.7. The third-order valence-electron chi connectivity index (χ3n) is 10.7. The summed E-state index contributed by atoms with van der Waals surface area (Å²) in [5, 5.41) is 7.51. The minimum absolute atomic E-state index is 0.856. The molecule has 1 heterocycles. The normalized spacial score (nSPS) is 11.6. The van der Waals surface area contributed by atoms with E-state index in [1.54, 1.807) is 0 Å². The highest BCUT2D eigenvalue weighted by Gasteiger charge is 2.19. The Balaban J connectivity index is 1.21. The van der Waals surface area contributed by atoms with E-state index in [4.69, 9.17) is 4.98 Å². The highest BCUT2D eigenvalue weighted by Crippen LogP contribution is 2.46. The Morgan fingerprint density at radius 2 is 1.02 bits per heavy atom. The molecular formula is C51H36N2. The van der Waals surface area contributed by atoms with Gasteiger partial charge in [-0.3, -0.25) is 4.57 Å². The fourth-order valence-electron chi connectivity index (χ4n) is 8.31. The number of rotatable bonds is 6. The molecular weight excluding hydrogens is 641 g/mol. The van der Waals surface area contributed by atoms with E-state index in [0.29, 0.717) is 0 Å². The van der Waals surface area contributed by atoms with Gasteiger partial charge in [0.15, 0.2) is 0 Å². The summed E-state index contributed by atoms with van der Waals surface area (Å²) in [5.41, 5.74) is 13.1. The Morgan fingerprint density at radius 3 is 1.87 bits per heavy atom. The lowest BCUT2D eigenvalue weighted by Gasteiger charge is -2.20. The van der Waals surface area contributed by atoms with E-state index in [-0.39, 0.29) is 0 Å². The molecule has 0 unspecified atom stereocenters. The van der Waals surface area contributed by atoms with Crippen molar-refractivity contribution in [2.24, 2.45) is 0 Å². The SMILES string of the molecule is CCc1nc2ccccc2n1-c1cccc(-c2cccc(-c3c4ccccc4c(-c4cccc5ccccc45)c4cc(-c5ccccc5)ccc34)c2)c1. The molecule has 0 atom stereocenters. The quantitative estimate of drug-likeness (QED) is 0.160. The fourth-order valence-corrected chi connectivity index (χ4v) is 8.31. The Morgan fingerprint density at radius 1 is 0.415 bits per heavy atom. The Kier molecular flexibility index (Phi) is 7.47. The molecule has 0 saturated heterocycles. The lowest BCUT2D eigenvalue weighted by atomic mass is 9.83. The molecule has 250 valence electrons. The zero-order valence-corrected chi connectivity index (χ0v) is 29.5. The zero-order chi connectivity index (χ0) is 35.3. The summed E-state index contributed by atoms with van der Waals surface area (Å²) in [7, 11) is 0. The molecule has 0 radical (unpaired) electrons. The second-order valence-corrected chi connectivity index (χ2v) is 13.8. The van der Waals surface area contributed by atoms with Crippen LogP contribution in [0.2, 0.25) is 0 Å². The maximum Gasteiger partial charge on any atom is 0.114 e. The third-order valence-corrected chi connectivity index (χ3v) is 10.7. The number of imidazole rings is 1. The number of aryl methyl sites for hydroxylation is 1. The van der Waals surface area contributed by atoms with Crippen molar-refractivity contribution in [1.29, 1.82) is 0 Å². The molecule has 10 aromatic rings. The van der Waals surface area contributed by atoms with Gasteiger partial charge in [-0.15, -0.1) is 0 Å². The van der Waals surface area contributed by atoms with Crippen LogP contribution in [0.25, 0.3) is 93.5 Å². The van der Waals surface area contributed by atoms with Crippen LogP contribution in [-0.2, 0) is 6.42 Å². The molecule has 0 amide bonds. The largest absolute Gasteiger partial charge is 0.296 e. The summed E-state index contributed by atoms with van der Waals surface area (Å²) < 4.78 is 2.31. The molecule has 2 heteroatoms. The Labute approximate surface area is 309 Å². The maximum atomic E-state index is 4.96. The van der Waals surface area contributed by atoms with Gasteiger partial charge in [-0.2, -0.15) is 0 Å². The van der Waals surface area contributed by atoms with Gasteiger partial charge >= 0.3 is 0 Å². The number of benzene rings is 9. The Bertz CT molecular complexity index is 2980. The van der Waals surface area contributed by atoms with E-state index in [9.17, 15) is 0 Å². The van der Waals surface area contributed by atoms with Crippen LogP contribution in [0, 0.1) is 0 Å². The summed E-state index contributed by atoms with van der Waals surface area (Å²) in [6, 6.07) is 68.6. The van der Waals surface area contributed by atoms with E-state index < -0.39 is 0 Å². The topological polar surface area (TPSA) is 17.8 Å². The van der Waals surface area contributed by atoms with Crippen molar-refractivity contribution in [3.05, 3.63) is 194 Å². The van der Waals surface area contributed by atoms with Gasteiger partial charge in [0.1, 0.15) is 5.82 Å². The second-order valence-electron chi connectivity index (χ2n) is 13.8. The lowest BCUT2D eigenvalue weighted by molar-refractivity contribution is 0.908. The van der Waals surface area contributed by atoms with Crippen molar-refractivity contribution >= 4 is 43.4 Å². The lowest BCUT2D eigenvalue weighted by Crippen LogP contribution is -2.00. The van der Waals surface area contributed by atoms with E-state index in [1.165, 1.54) is 76.8 Å². The van der Waals surface area contributed by atoms with Crippen molar-refractivity contribution in [2.75, 3.05) is 0 Å². The van der Waals surface area contributed by atoms with E-state index in [2.05, 4.69) is 200 Å². The third kappa shape index (κ3) is 5.22. The first-order valence-electron chi connectivity index (χ1n) is 18.4. The first-order valence-corrected chi connectivity index (χ1v) is 18.4. The average molecular weight is 677 g/mol. The van der Waals surface area contributed by atoms with Gasteiger partial charge in [0, 0.05) is 12.1 Å². The predicted molar refractivity (Wildman–Crippen MR) is 225 cm³/mol. The van der Waals surface area contributed by atoms with Gasteiger partial charge in [-0.1, -0.05) is 159 Å². The van der Waals surface area contributed by atoms with Crippen LogP contribution in [0.1, 0.15) is 12.7 Å². The van der Waals surface area contributed by atoms with Gasteiger partial charge in [0.05, 0.1) is 11.0 Å². The van der Waals surface area contributed by atoms with Gasteiger partial charge in [0.2, 0.25) is 0 Å². The molecule has 0 fully saturated rings. The molecule has 0 aliphatic rings. The molecule has 1 aromatic heterocycles. The highest BCUT2D eigenvalue weighted by molar-refractivity contribution is 6.24. The minimum atomic E-state index is 0.856. The first kappa shape index (κ1) is 31.0. The molecule has 0 N–H and O–H groups in total. The highest BCUT2D eigenvalue weighted by atomic mass is 15.1. The van der Waals surface area contributed by atoms with Crippen LogP contribution in [0.5, 0.6) is 0 Å². The van der Waals surface area contributed by atoms with Crippen molar-refractivity contribution in [3.8, 4) is 50.2 Å². The number of hydrogen-bond acceptors (Lipinski definition) is 1. The number of hydrogen-bond donors (Lipinski definition) is 0. The van der Waals surface area contributed by atoms with Gasteiger partial charge in [-0.25, -0.2) is 4.98 Å². The fraction of sp³-hybridized carbons (Fsp3) is 0.0392. The van der Waals surface area contributed by atoms with Gasteiger partial charge in [-0.05, 0) is 113 Å². The summed E-state index contributed by atoms with van der Waals surface area (Å²) in [5.74, 6) is 1.07. The summed E-state index contributed by atoms with van der Waals surface area (Å²) in [4.78, 5) is 4.96. The van der Waals surface area contributed by atoms with Crippen molar-refractivity contribution in [3.63, 3.8) is 0 Å². The monoisotopic (exact) mass is 676 g/mol. The molecule has 0 spiro atoms. The van der Waals surface area contributed by atoms with Crippen molar-refractivity contribution in [1.82, 2.24) is 9.55 Å². The van der Waals surface area contributed by atoms with Crippen LogP contribution < -0.4 is 0 Å². The van der Waals surface area contributed by atoms with Crippen LogP contribution in [-0.4, -0.2) is 9.55 Å². The summed E-state index contributed by atoms with van der Waals surface area (Å²) in [6.45, 7) is 2.17. The number of fused-ring (bicyclic) bond motifs is 4. The number of nitrogens with zero attached hydrogens (tertiary/aromatic N) is 2. The van der Waals surface area contributed by atoms with E-state index in [1.807, 2.05) is 0 Å². The average Bonchev–Trinajstić information content (AvgIpc) is 3.62. The summed E-state index contributed by atoms with van der Waals surface area (Å²) >= 11 is 0. The molecule has 0 bridgehead atoms. The molecule has 0 saturated carbocycles. The summed E-state index contributed by atoms with van der Waals surface area (Å²) in [6.07, 6.45) is 0.856. The van der Waals surface area contributed by atoms with Crippen LogP contribution in [0.4, 0.5) is 0 Å². The van der Waals surface area contributed by atoms with E-state index in [0.717, 1.165) is 29.0 Å². The van der Waals surface area contributed by atoms with Crippen LogP contribution in [0.3, 0.4) is 0 Å². The number of aromatic nitrogens is 2. The molecule has 10 rings (SSSR count). The van der Waals surface area contributed by atoms with Crippen LogP contribution >= 0.6 is 0 Å². The zero-order valence-electron chi connectivity index (χ0n) is 29.5. The van der Waals surface area contributed by atoms with E-state index >= 15 is 0 Å². The van der Waals surface area contributed by atoms with Gasteiger partial charge < -0.3 is 0 Å². The molecule has 0 aliphatic heterocycles. The Hall–Kier alpha value is -6.77. The molecule has 9 aromatic carbocycles. The van der Waals surface area contributed by atoms with Crippen LogP contribution in [0.15, 0.2) is 188 Å². The first-order chi connectivity index (χ1) is 26.2. The molecule has 2 nitrogen and oxygen atoms in total. The maximum absolute atomic E-state index is 4.96.